The Morgan fingerprint density at radius 2 is 2.10 bits per heavy atom. The van der Waals surface area contributed by atoms with E-state index in [4.69, 9.17) is 5.73 Å². The van der Waals surface area contributed by atoms with Crippen LogP contribution in [0.4, 0.5) is 15.8 Å². The molecule has 0 fully saturated rings. The molecule has 0 aliphatic carbocycles. The molecule has 1 unspecified atom stereocenters. The maximum Gasteiger partial charge on any atom is 0.242 e. The number of nitrogens with one attached hydrogen (secondary N) is 1. The van der Waals surface area contributed by atoms with Gasteiger partial charge in [-0.3, -0.25) is 4.79 Å². The first kappa shape index (κ1) is 16.4. The molecule has 1 rings (SSSR count). The Balaban J connectivity index is 2.77. The Morgan fingerprint density at radius 1 is 1.45 bits per heavy atom. The lowest BCUT2D eigenvalue weighted by molar-refractivity contribution is -0.115. The standard InChI is InChI=1S/C13H19FN2O3S/c1-3-4-7-20(18,19)9(2)13(17)16-10-5-6-11(14)12(15)8-10/h5-6,8-9H,3-4,7,15H2,1-2H3,(H,16,17). The number of nitrogens with two attached hydrogens (primary N) is 1. The van der Waals surface area contributed by atoms with Gasteiger partial charge in [0.15, 0.2) is 9.84 Å². The van der Waals surface area contributed by atoms with Crippen molar-refractivity contribution in [1.82, 2.24) is 0 Å². The number of hydrogen-bond donors (Lipinski definition) is 2. The molecule has 112 valence electrons. The molecule has 1 aromatic carbocycles. The number of nitrogen functional groups attached to an aromatic ring is 1. The van der Waals surface area contributed by atoms with E-state index in [0.717, 1.165) is 12.5 Å². The van der Waals surface area contributed by atoms with Gasteiger partial charge in [-0.05, 0) is 31.5 Å². The lowest BCUT2D eigenvalue weighted by Gasteiger charge is -2.13. The normalized spacial score (nSPS) is 12.9. The van der Waals surface area contributed by atoms with Crippen LogP contribution in [-0.2, 0) is 14.6 Å². The molecule has 0 bridgehead atoms. The van der Waals surface area contributed by atoms with Crippen LogP contribution in [0, 0.1) is 5.82 Å². The van der Waals surface area contributed by atoms with Gasteiger partial charge in [0, 0.05) is 5.69 Å². The van der Waals surface area contributed by atoms with Crippen LogP contribution in [0.15, 0.2) is 18.2 Å². The average molecular weight is 302 g/mol. The molecule has 1 amide bonds. The molecule has 0 saturated heterocycles. The van der Waals surface area contributed by atoms with Gasteiger partial charge in [0.05, 0.1) is 11.4 Å². The number of halogens is 1. The van der Waals surface area contributed by atoms with Crippen LogP contribution in [0.5, 0.6) is 0 Å². The molecule has 0 aliphatic rings. The maximum atomic E-state index is 13.0. The molecule has 0 aliphatic heterocycles. The van der Waals surface area contributed by atoms with Crippen molar-refractivity contribution < 1.29 is 17.6 Å². The minimum Gasteiger partial charge on any atom is -0.396 e. The highest BCUT2D eigenvalue weighted by atomic mass is 32.2. The second-order valence-corrected chi connectivity index (χ2v) is 7.03. The largest absolute Gasteiger partial charge is 0.396 e. The van der Waals surface area contributed by atoms with Gasteiger partial charge in [-0.2, -0.15) is 0 Å². The van der Waals surface area contributed by atoms with Crippen LogP contribution < -0.4 is 11.1 Å². The summed E-state index contributed by atoms with van der Waals surface area (Å²) in [5.41, 5.74) is 5.54. The van der Waals surface area contributed by atoms with E-state index in [2.05, 4.69) is 5.32 Å². The van der Waals surface area contributed by atoms with Crippen molar-refractivity contribution in [3.05, 3.63) is 24.0 Å². The molecule has 0 spiro atoms. The van der Waals surface area contributed by atoms with Crippen LogP contribution in [-0.4, -0.2) is 25.3 Å². The Kier molecular flexibility index (Phi) is 5.50. The summed E-state index contributed by atoms with van der Waals surface area (Å²) in [7, 11) is -3.48. The molecule has 1 atom stereocenters. The van der Waals surface area contributed by atoms with Crippen molar-refractivity contribution >= 4 is 27.1 Å². The number of carbonyl (C=O) groups is 1. The van der Waals surface area contributed by atoms with Gasteiger partial charge in [-0.1, -0.05) is 13.3 Å². The molecule has 5 nitrogen and oxygen atoms in total. The van der Waals surface area contributed by atoms with Crippen LogP contribution in [0.2, 0.25) is 0 Å². The first-order valence-electron chi connectivity index (χ1n) is 6.35. The van der Waals surface area contributed by atoms with E-state index < -0.39 is 26.8 Å². The monoisotopic (exact) mass is 302 g/mol. The topological polar surface area (TPSA) is 89.3 Å². The zero-order valence-corrected chi connectivity index (χ0v) is 12.3. The lowest BCUT2D eigenvalue weighted by atomic mass is 10.2. The fourth-order valence-electron chi connectivity index (χ4n) is 1.55. The zero-order chi connectivity index (χ0) is 15.3. The van der Waals surface area contributed by atoms with Crippen molar-refractivity contribution in [2.75, 3.05) is 16.8 Å². The summed E-state index contributed by atoms with van der Waals surface area (Å²) in [6, 6.07) is 3.69. The number of amides is 1. The smallest absolute Gasteiger partial charge is 0.242 e. The van der Waals surface area contributed by atoms with Gasteiger partial charge in [0.2, 0.25) is 5.91 Å². The van der Waals surface area contributed by atoms with E-state index in [1.54, 1.807) is 0 Å². The molecule has 7 heteroatoms. The molecule has 0 heterocycles. The third-order valence-corrected chi connectivity index (χ3v) is 5.10. The van der Waals surface area contributed by atoms with E-state index in [0.29, 0.717) is 6.42 Å². The predicted molar refractivity (Wildman–Crippen MR) is 77.6 cm³/mol. The molecule has 0 saturated carbocycles. The summed E-state index contributed by atoms with van der Waals surface area (Å²) in [6.45, 7) is 3.22. The fourth-order valence-corrected chi connectivity index (χ4v) is 2.98. The Morgan fingerprint density at radius 3 is 2.65 bits per heavy atom. The zero-order valence-electron chi connectivity index (χ0n) is 11.5. The van der Waals surface area contributed by atoms with Crippen molar-refractivity contribution in [2.24, 2.45) is 0 Å². The summed E-state index contributed by atoms with van der Waals surface area (Å²) < 4.78 is 36.8. The molecule has 20 heavy (non-hydrogen) atoms. The summed E-state index contributed by atoms with van der Waals surface area (Å²) in [5, 5.41) is 1.28. The molecular formula is C13H19FN2O3S. The molecule has 3 N–H and O–H groups in total. The van der Waals surface area contributed by atoms with Crippen LogP contribution in [0.3, 0.4) is 0 Å². The maximum absolute atomic E-state index is 13.0. The Hall–Kier alpha value is -1.63. The SMILES string of the molecule is CCCCS(=O)(=O)C(C)C(=O)Nc1ccc(F)c(N)c1. The van der Waals surface area contributed by atoms with Crippen molar-refractivity contribution in [3.63, 3.8) is 0 Å². The minimum absolute atomic E-state index is 0.0242. The van der Waals surface area contributed by atoms with E-state index in [9.17, 15) is 17.6 Å². The number of anilines is 2. The predicted octanol–water partition coefficient (Wildman–Crippen LogP) is 1.95. The van der Waals surface area contributed by atoms with Crippen molar-refractivity contribution in [3.8, 4) is 0 Å². The number of hydrogen-bond acceptors (Lipinski definition) is 4. The second kappa shape index (κ2) is 6.69. The Bertz CT molecular complexity index is 587. The highest BCUT2D eigenvalue weighted by Crippen LogP contribution is 2.17. The van der Waals surface area contributed by atoms with Gasteiger partial charge in [0.1, 0.15) is 11.1 Å². The van der Waals surface area contributed by atoms with Crippen LogP contribution in [0.25, 0.3) is 0 Å². The fraction of sp³-hybridized carbons (Fsp3) is 0.462. The average Bonchev–Trinajstić information content (AvgIpc) is 2.39. The van der Waals surface area contributed by atoms with Crippen LogP contribution >= 0.6 is 0 Å². The molecule has 0 aromatic heterocycles. The Labute approximate surface area is 118 Å². The summed E-state index contributed by atoms with van der Waals surface area (Å²) >= 11 is 0. The molecule has 0 radical (unpaired) electrons. The highest BCUT2D eigenvalue weighted by Gasteiger charge is 2.27. The molecular weight excluding hydrogens is 283 g/mol. The summed E-state index contributed by atoms with van der Waals surface area (Å²) in [5.74, 6) is -1.26. The van der Waals surface area contributed by atoms with Crippen molar-refractivity contribution in [2.45, 2.75) is 31.9 Å². The third-order valence-electron chi connectivity index (χ3n) is 2.95. The number of sulfone groups is 1. The van der Waals surface area contributed by atoms with E-state index in [1.807, 2.05) is 6.92 Å². The summed E-state index contributed by atoms with van der Waals surface area (Å²) in [4.78, 5) is 11.9. The quantitative estimate of drug-likeness (QED) is 0.786. The number of carbonyl (C=O) groups excluding carboxylic acids is 1. The van der Waals surface area contributed by atoms with E-state index in [-0.39, 0.29) is 17.1 Å². The summed E-state index contributed by atoms with van der Waals surface area (Å²) in [6.07, 6.45) is 1.26. The second-order valence-electron chi connectivity index (χ2n) is 4.59. The first-order valence-corrected chi connectivity index (χ1v) is 8.07. The first-order chi connectivity index (χ1) is 9.27. The molecule has 1 aromatic rings. The lowest BCUT2D eigenvalue weighted by Crippen LogP contribution is -2.34. The highest BCUT2D eigenvalue weighted by molar-refractivity contribution is 7.92. The minimum atomic E-state index is -3.48. The van der Waals surface area contributed by atoms with Gasteiger partial charge in [0.25, 0.3) is 0 Å². The third kappa shape index (κ3) is 4.19. The van der Waals surface area contributed by atoms with E-state index >= 15 is 0 Å². The number of rotatable bonds is 6. The number of unbranched alkanes of at least 4 members (excludes halogenated alkanes) is 1. The van der Waals surface area contributed by atoms with Crippen molar-refractivity contribution in [1.29, 1.82) is 0 Å². The van der Waals surface area contributed by atoms with Crippen LogP contribution in [0.1, 0.15) is 26.7 Å². The van der Waals surface area contributed by atoms with Gasteiger partial charge in [-0.25, -0.2) is 12.8 Å². The van der Waals surface area contributed by atoms with Gasteiger partial charge >= 0.3 is 0 Å². The number of benzene rings is 1. The van der Waals surface area contributed by atoms with Gasteiger partial charge in [-0.15, -0.1) is 0 Å². The van der Waals surface area contributed by atoms with E-state index in [1.165, 1.54) is 19.1 Å². The van der Waals surface area contributed by atoms with Gasteiger partial charge < -0.3 is 11.1 Å².